The van der Waals surface area contributed by atoms with Gasteiger partial charge in [-0.2, -0.15) is 0 Å². The predicted molar refractivity (Wildman–Crippen MR) is 91.2 cm³/mol. The summed E-state index contributed by atoms with van der Waals surface area (Å²) in [7, 11) is 0. The van der Waals surface area contributed by atoms with Gasteiger partial charge in [-0.15, -0.1) is 11.3 Å². The van der Waals surface area contributed by atoms with Crippen molar-refractivity contribution in [2.24, 2.45) is 5.92 Å². The molecule has 1 fully saturated rings. The van der Waals surface area contributed by atoms with Crippen LogP contribution in [0.5, 0.6) is 0 Å². The molecule has 120 valence electrons. The minimum atomic E-state index is -0.246. The van der Waals surface area contributed by atoms with E-state index in [4.69, 9.17) is 0 Å². The van der Waals surface area contributed by atoms with Crippen molar-refractivity contribution in [2.75, 3.05) is 5.32 Å². The number of amides is 1. The summed E-state index contributed by atoms with van der Waals surface area (Å²) in [4.78, 5) is 21.0. The van der Waals surface area contributed by atoms with Crippen molar-refractivity contribution in [3.05, 3.63) is 65.4 Å². The average Bonchev–Trinajstić information content (AvgIpc) is 3.27. The van der Waals surface area contributed by atoms with Crippen LogP contribution in [0.25, 0.3) is 11.4 Å². The van der Waals surface area contributed by atoms with Gasteiger partial charge < -0.3 is 5.32 Å². The average molecular weight is 339 g/mol. The molecule has 1 N–H and O–H groups in total. The Bertz CT molecular complexity index is 881. The second kappa shape index (κ2) is 6.13. The lowest BCUT2D eigenvalue weighted by Gasteiger charge is -2.03. The van der Waals surface area contributed by atoms with Crippen molar-refractivity contribution in [3.63, 3.8) is 0 Å². The number of aromatic nitrogens is 2. The van der Waals surface area contributed by atoms with Crippen LogP contribution in [0, 0.1) is 11.7 Å². The van der Waals surface area contributed by atoms with Gasteiger partial charge in [-0.1, -0.05) is 24.3 Å². The van der Waals surface area contributed by atoms with Crippen LogP contribution in [0.4, 0.5) is 9.52 Å². The SMILES string of the molecule is O=C(Nc1nc(-c2ccccn2)cs1)[C@H]1C[C@H]1c1ccccc1F. The zero-order valence-corrected chi connectivity index (χ0v) is 13.5. The molecule has 4 rings (SSSR count). The van der Waals surface area contributed by atoms with Crippen LogP contribution in [-0.4, -0.2) is 15.9 Å². The predicted octanol–water partition coefficient (Wildman–Crippen LogP) is 4.09. The van der Waals surface area contributed by atoms with Gasteiger partial charge in [0.05, 0.1) is 5.69 Å². The van der Waals surface area contributed by atoms with Gasteiger partial charge in [0.15, 0.2) is 5.13 Å². The molecule has 0 saturated heterocycles. The molecule has 1 saturated carbocycles. The summed E-state index contributed by atoms with van der Waals surface area (Å²) >= 11 is 1.36. The molecule has 1 amide bonds. The third kappa shape index (κ3) is 2.92. The number of hydrogen-bond acceptors (Lipinski definition) is 4. The van der Waals surface area contributed by atoms with Crippen LogP contribution < -0.4 is 5.32 Å². The monoisotopic (exact) mass is 339 g/mol. The van der Waals surface area contributed by atoms with Crippen LogP contribution in [0.3, 0.4) is 0 Å². The van der Waals surface area contributed by atoms with Crippen molar-refractivity contribution in [1.29, 1.82) is 0 Å². The Morgan fingerprint density at radius 3 is 2.79 bits per heavy atom. The first-order valence-corrected chi connectivity index (χ1v) is 8.52. The maximum absolute atomic E-state index is 13.8. The first kappa shape index (κ1) is 15.0. The summed E-state index contributed by atoms with van der Waals surface area (Å²) in [6.07, 6.45) is 2.38. The first-order chi connectivity index (χ1) is 11.7. The van der Waals surface area contributed by atoms with Crippen molar-refractivity contribution in [2.45, 2.75) is 12.3 Å². The number of nitrogens with zero attached hydrogens (tertiary/aromatic N) is 2. The van der Waals surface area contributed by atoms with Crippen LogP contribution in [0.1, 0.15) is 17.9 Å². The molecular formula is C18H14FN3OS. The second-order valence-electron chi connectivity index (χ2n) is 5.71. The molecule has 0 bridgehead atoms. The number of carbonyl (C=O) groups excluding carboxylic acids is 1. The van der Waals surface area contributed by atoms with Crippen LogP contribution in [0.15, 0.2) is 54.0 Å². The highest BCUT2D eigenvalue weighted by atomic mass is 32.1. The summed E-state index contributed by atoms with van der Waals surface area (Å²) in [5.74, 6) is -0.583. The lowest BCUT2D eigenvalue weighted by atomic mass is 10.1. The lowest BCUT2D eigenvalue weighted by Crippen LogP contribution is -2.14. The summed E-state index contributed by atoms with van der Waals surface area (Å²) in [5, 5.41) is 5.23. The smallest absolute Gasteiger partial charge is 0.229 e. The maximum Gasteiger partial charge on any atom is 0.229 e. The molecule has 3 aromatic rings. The van der Waals surface area contributed by atoms with Crippen LogP contribution >= 0.6 is 11.3 Å². The summed E-state index contributed by atoms with van der Waals surface area (Å²) < 4.78 is 13.8. The second-order valence-corrected chi connectivity index (χ2v) is 6.57. The van der Waals surface area contributed by atoms with Crippen LogP contribution in [0.2, 0.25) is 0 Å². The molecule has 2 atom stereocenters. The Balaban J connectivity index is 1.43. The molecule has 1 aliphatic carbocycles. The molecule has 0 spiro atoms. The quantitative estimate of drug-likeness (QED) is 0.779. The molecule has 0 unspecified atom stereocenters. The fraction of sp³-hybridized carbons (Fsp3) is 0.167. The van der Waals surface area contributed by atoms with Gasteiger partial charge in [-0.3, -0.25) is 9.78 Å². The summed E-state index contributed by atoms with van der Waals surface area (Å²) in [6.45, 7) is 0. The molecule has 4 nitrogen and oxygen atoms in total. The fourth-order valence-electron chi connectivity index (χ4n) is 2.77. The number of hydrogen-bond donors (Lipinski definition) is 1. The number of nitrogens with one attached hydrogen (secondary N) is 1. The van der Waals surface area contributed by atoms with Gasteiger partial charge in [0.1, 0.15) is 11.5 Å². The Labute approximate surface area is 142 Å². The molecule has 0 radical (unpaired) electrons. The number of rotatable bonds is 4. The number of halogens is 1. The fourth-order valence-corrected chi connectivity index (χ4v) is 3.47. The number of carbonyl (C=O) groups is 1. The van der Waals surface area contributed by atoms with E-state index >= 15 is 0 Å². The van der Waals surface area contributed by atoms with Crippen molar-refractivity contribution < 1.29 is 9.18 Å². The highest BCUT2D eigenvalue weighted by Gasteiger charge is 2.45. The Morgan fingerprint density at radius 2 is 2.00 bits per heavy atom. The standard InChI is InChI=1S/C18H14FN3OS/c19-14-6-2-1-5-11(14)12-9-13(12)17(23)22-18-21-16(10-24-18)15-7-3-4-8-20-15/h1-8,10,12-13H,9H2,(H,21,22,23)/t12-,13-/m0/s1. The molecule has 1 aliphatic rings. The lowest BCUT2D eigenvalue weighted by molar-refractivity contribution is -0.117. The zero-order chi connectivity index (χ0) is 16.5. The van der Waals surface area contributed by atoms with Crippen molar-refractivity contribution >= 4 is 22.4 Å². The van der Waals surface area contributed by atoms with Gasteiger partial charge >= 0.3 is 0 Å². The third-order valence-corrected chi connectivity index (χ3v) is 4.85. The van der Waals surface area contributed by atoms with E-state index in [1.807, 2.05) is 23.6 Å². The molecule has 24 heavy (non-hydrogen) atoms. The number of thiazole rings is 1. The molecule has 2 aromatic heterocycles. The largest absolute Gasteiger partial charge is 0.302 e. The highest BCUT2D eigenvalue weighted by Crippen LogP contribution is 2.48. The summed E-state index contributed by atoms with van der Waals surface area (Å²) in [6, 6.07) is 12.2. The third-order valence-electron chi connectivity index (χ3n) is 4.09. The van der Waals surface area contributed by atoms with Crippen molar-refractivity contribution in [1.82, 2.24) is 9.97 Å². The maximum atomic E-state index is 13.8. The van der Waals surface area contributed by atoms with Gasteiger partial charge in [0, 0.05) is 17.5 Å². The molecule has 0 aliphatic heterocycles. The van der Waals surface area contributed by atoms with E-state index in [0.717, 1.165) is 11.4 Å². The molecule has 6 heteroatoms. The number of benzene rings is 1. The van der Waals surface area contributed by atoms with E-state index in [9.17, 15) is 9.18 Å². The van der Waals surface area contributed by atoms with Gasteiger partial charge in [-0.05, 0) is 36.1 Å². The number of anilines is 1. The van der Waals surface area contributed by atoms with Gasteiger partial charge in [-0.25, -0.2) is 9.37 Å². The van der Waals surface area contributed by atoms with E-state index in [2.05, 4.69) is 15.3 Å². The normalized spacial score (nSPS) is 19.0. The number of pyridine rings is 1. The zero-order valence-electron chi connectivity index (χ0n) is 12.6. The Kier molecular flexibility index (Phi) is 3.82. The van der Waals surface area contributed by atoms with Crippen molar-refractivity contribution in [3.8, 4) is 11.4 Å². The van der Waals surface area contributed by atoms with E-state index in [0.29, 0.717) is 17.1 Å². The molecule has 2 heterocycles. The highest BCUT2D eigenvalue weighted by molar-refractivity contribution is 7.14. The van der Waals surface area contributed by atoms with E-state index in [1.165, 1.54) is 17.4 Å². The van der Waals surface area contributed by atoms with Gasteiger partial charge in [0.25, 0.3) is 0 Å². The first-order valence-electron chi connectivity index (χ1n) is 7.64. The topological polar surface area (TPSA) is 54.9 Å². The van der Waals surface area contributed by atoms with E-state index < -0.39 is 0 Å². The molecule has 1 aromatic carbocycles. The minimum absolute atomic E-state index is 0.0403. The van der Waals surface area contributed by atoms with Gasteiger partial charge in [0.2, 0.25) is 5.91 Å². The van der Waals surface area contributed by atoms with Crippen LogP contribution in [-0.2, 0) is 4.79 Å². The van der Waals surface area contributed by atoms with E-state index in [1.54, 1.807) is 24.4 Å². The summed E-state index contributed by atoms with van der Waals surface area (Å²) in [5.41, 5.74) is 2.12. The Morgan fingerprint density at radius 1 is 1.17 bits per heavy atom. The minimum Gasteiger partial charge on any atom is -0.302 e. The van der Waals surface area contributed by atoms with E-state index in [-0.39, 0.29) is 23.6 Å². The Hall–Kier alpha value is -2.60. The molecular weight excluding hydrogens is 325 g/mol.